The van der Waals surface area contributed by atoms with Crippen molar-refractivity contribution in [2.24, 2.45) is 0 Å². The van der Waals surface area contributed by atoms with Gasteiger partial charge in [0.15, 0.2) is 0 Å². The number of aromatic nitrogens is 2. The summed E-state index contributed by atoms with van der Waals surface area (Å²) in [6, 6.07) is 9.16. The molecule has 0 unspecified atom stereocenters. The van der Waals surface area contributed by atoms with Gasteiger partial charge in [0.25, 0.3) is 5.91 Å². The monoisotopic (exact) mass is 202 g/mol. The molecule has 1 aromatic carbocycles. The number of nitrogens with one attached hydrogen (secondary N) is 2. The molecular formula is C10H10N4O. The minimum Gasteiger partial charge on any atom is -0.383 e. The van der Waals surface area contributed by atoms with Crippen molar-refractivity contribution in [3.05, 3.63) is 42.1 Å². The van der Waals surface area contributed by atoms with Crippen molar-refractivity contribution in [1.29, 1.82) is 0 Å². The number of amides is 1. The van der Waals surface area contributed by atoms with Crippen LogP contribution in [0.15, 0.2) is 36.5 Å². The van der Waals surface area contributed by atoms with Gasteiger partial charge in [-0.25, -0.2) is 0 Å². The van der Waals surface area contributed by atoms with Gasteiger partial charge in [-0.1, -0.05) is 18.2 Å². The van der Waals surface area contributed by atoms with E-state index in [0.717, 1.165) is 5.69 Å². The van der Waals surface area contributed by atoms with Gasteiger partial charge in [-0.05, 0) is 12.1 Å². The fraction of sp³-hybridized carbons (Fsp3) is 0. The summed E-state index contributed by atoms with van der Waals surface area (Å²) < 4.78 is 0. The zero-order valence-electron chi connectivity index (χ0n) is 7.90. The predicted octanol–water partition coefficient (Wildman–Crippen LogP) is 1.24. The van der Waals surface area contributed by atoms with Crippen LogP contribution in [0.1, 0.15) is 10.4 Å². The topological polar surface area (TPSA) is 83.8 Å². The van der Waals surface area contributed by atoms with Gasteiger partial charge in [0.2, 0.25) is 0 Å². The first kappa shape index (κ1) is 9.26. The van der Waals surface area contributed by atoms with Crippen molar-refractivity contribution in [2.75, 3.05) is 11.1 Å². The van der Waals surface area contributed by atoms with E-state index in [2.05, 4.69) is 15.5 Å². The molecule has 0 bridgehead atoms. The molecule has 76 valence electrons. The molecular weight excluding hydrogens is 192 g/mol. The van der Waals surface area contributed by atoms with Gasteiger partial charge < -0.3 is 11.1 Å². The third kappa shape index (κ3) is 1.96. The third-order valence-electron chi connectivity index (χ3n) is 1.95. The van der Waals surface area contributed by atoms with E-state index in [4.69, 9.17) is 5.73 Å². The van der Waals surface area contributed by atoms with E-state index in [1.807, 2.05) is 18.2 Å². The Morgan fingerprint density at radius 2 is 2.07 bits per heavy atom. The van der Waals surface area contributed by atoms with Gasteiger partial charge >= 0.3 is 0 Å². The van der Waals surface area contributed by atoms with Crippen molar-refractivity contribution >= 4 is 17.4 Å². The highest BCUT2D eigenvalue weighted by atomic mass is 16.1. The number of carbonyl (C=O) groups excluding carboxylic acids is 1. The first-order valence-corrected chi connectivity index (χ1v) is 4.42. The van der Waals surface area contributed by atoms with Crippen molar-refractivity contribution in [3.63, 3.8) is 0 Å². The fourth-order valence-corrected chi connectivity index (χ4v) is 1.20. The number of nitrogens with two attached hydrogens (primary N) is 1. The standard InChI is InChI=1S/C10H10N4O/c11-9-8(6-12-14-9)10(15)13-7-4-2-1-3-5-7/h1-6H,(H,13,15)(H3,11,12,14). The maximum absolute atomic E-state index is 11.6. The second-order valence-corrected chi connectivity index (χ2v) is 3.02. The Morgan fingerprint density at radius 3 is 2.67 bits per heavy atom. The molecule has 1 amide bonds. The molecule has 5 heteroatoms. The molecule has 0 saturated heterocycles. The highest BCUT2D eigenvalue weighted by molar-refractivity contribution is 6.06. The van der Waals surface area contributed by atoms with Crippen molar-refractivity contribution in [3.8, 4) is 0 Å². The summed E-state index contributed by atoms with van der Waals surface area (Å²) in [5.41, 5.74) is 6.59. The lowest BCUT2D eigenvalue weighted by Crippen LogP contribution is -2.12. The second kappa shape index (κ2) is 3.83. The molecule has 0 aliphatic carbocycles. The number of hydrogen-bond acceptors (Lipinski definition) is 3. The van der Waals surface area contributed by atoms with Gasteiger partial charge in [0, 0.05) is 5.69 Å². The smallest absolute Gasteiger partial charge is 0.261 e. The van der Waals surface area contributed by atoms with E-state index < -0.39 is 0 Å². The normalized spacial score (nSPS) is 9.87. The number of H-pyrrole nitrogens is 1. The van der Waals surface area contributed by atoms with Crippen LogP contribution in [0.2, 0.25) is 0 Å². The van der Waals surface area contributed by atoms with E-state index in [1.165, 1.54) is 6.20 Å². The molecule has 2 rings (SSSR count). The molecule has 0 radical (unpaired) electrons. The molecule has 0 spiro atoms. The van der Waals surface area contributed by atoms with Crippen LogP contribution in [-0.4, -0.2) is 16.1 Å². The Labute approximate surface area is 86.3 Å². The maximum Gasteiger partial charge on any atom is 0.261 e. The fourth-order valence-electron chi connectivity index (χ4n) is 1.20. The van der Waals surface area contributed by atoms with Crippen molar-refractivity contribution in [1.82, 2.24) is 10.2 Å². The summed E-state index contributed by atoms with van der Waals surface area (Å²) in [5.74, 6) is -0.00381. The van der Waals surface area contributed by atoms with Crippen LogP contribution in [0.5, 0.6) is 0 Å². The summed E-state index contributed by atoms with van der Waals surface area (Å²) in [5, 5.41) is 8.88. The van der Waals surface area contributed by atoms with Gasteiger partial charge in [-0.3, -0.25) is 9.89 Å². The average molecular weight is 202 g/mol. The molecule has 0 aliphatic heterocycles. The van der Waals surface area contributed by atoms with Gasteiger partial charge in [0.1, 0.15) is 11.4 Å². The van der Waals surface area contributed by atoms with Gasteiger partial charge in [-0.2, -0.15) is 5.10 Å². The molecule has 2 aromatic rings. The molecule has 0 saturated carbocycles. The number of benzene rings is 1. The summed E-state index contributed by atoms with van der Waals surface area (Å²) in [6.45, 7) is 0. The Balaban J connectivity index is 2.15. The van der Waals surface area contributed by atoms with E-state index in [9.17, 15) is 4.79 Å². The number of carbonyl (C=O) groups is 1. The van der Waals surface area contributed by atoms with Crippen LogP contribution in [-0.2, 0) is 0 Å². The Hall–Kier alpha value is -2.30. The summed E-state index contributed by atoms with van der Waals surface area (Å²) in [7, 11) is 0. The lowest BCUT2D eigenvalue weighted by Gasteiger charge is -2.02. The van der Waals surface area contributed by atoms with Crippen LogP contribution in [0, 0.1) is 0 Å². The zero-order valence-corrected chi connectivity index (χ0v) is 7.90. The molecule has 0 fully saturated rings. The number of nitrogen functional groups attached to an aromatic ring is 1. The molecule has 1 aromatic heterocycles. The second-order valence-electron chi connectivity index (χ2n) is 3.02. The lowest BCUT2D eigenvalue weighted by molar-refractivity contribution is 0.102. The molecule has 1 heterocycles. The first-order chi connectivity index (χ1) is 7.27. The molecule has 15 heavy (non-hydrogen) atoms. The maximum atomic E-state index is 11.6. The molecule has 0 atom stereocenters. The predicted molar refractivity (Wildman–Crippen MR) is 57.4 cm³/mol. The van der Waals surface area contributed by atoms with Gasteiger partial charge in [-0.15, -0.1) is 0 Å². The number of aromatic amines is 1. The number of rotatable bonds is 2. The Bertz CT molecular complexity index is 463. The number of para-hydroxylation sites is 1. The SMILES string of the molecule is Nc1[nH]ncc1C(=O)Nc1ccccc1. The molecule has 0 aliphatic rings. The van der Waals surface area contributed by atoms with Crippen LogP contribution in [0.25, 0.3) is 0 Å². The van der Waals surface area contributed by atoms with E-state index in [1.54, 1.807) is 12.1 Å². The Morgan fingerprint density at radius 1 is 1.33 bits per heavy atom. The summed E-state index contributed by atoms with van der Waals surface area (Å²) in [4.78, 5) is 11.6. The van der Waals surface area contributed by atoms with Crippen LogP contribution < -0.4 is 11.1 Å². The molecule has 5 nitrogen and oxygen atoms in total. The van der Waals surface area contributed by atoms with Crippen molar-refractivity contribution < 1.29 is 4.79 Å². The first-order valence-electron chi connectivity index (χ1n) is 4.42. The highest BCUT2D eigenvalue weighted by Crippen LogP contribution is 2.11. The summed E-state index contributed by atoms with van der Waals surface area (Å²) in [6.07, 6.45) is 1.40. The summed E-state index contributed by atoms with van der Waals surface area (Å²) >= 11 is 0. The quantitative estimate of drug-likeness (QED) is 0.685. The number of hydrogen-bond donors (Lipinski definition) is 3. The minimum atomic E-state index is -0.271. The Kier molecular flexibility index (Phi) is 2.37. The van der Waals surface area contributed by atoms with E-state index >= 15 is 0 Å². The molecule has 4 N–H and O–H groups in total. The number of nitrogens with zero attached hydrogens (tertiary/aromatic N) is 1. The number of anilines is 2. The van der Waals surface area contributed by atoms with E-state index in [-0.39, 0.29) is 11.7 Å². The zero-order chi connectivity index (χ0) is 10.7. The van der Waals surface area contributed by atoms with E-state index in [0.29, 0.717) is 5.56 Å². The van der Waals surface area contributed by atoms with Crippen LogP contribution in [0.3, 0.4) is 0 Å². The largest absolute Gasteiger partial charge is 0.383 e. The van der Waals surface area contributed by atoms with Crippen molar-refractivity contribution in [2.45, 2.75) is 0 Å². The van der Waals surface area contributed by atoms with Gasteiger partial charge in [0.05, 0.1) is 6.20 Å². The van der Waals surface area contributed by atoms with Crippen LogP contribution in [0.4, 0.5) is 11.5 Å². The third-order valence-corrected chi connectivity index (χ3v) is 1.95. The average Bonchev–Trinajstić information content (AvgIpc) is 2.66. The minimum absolute atomic E-state index is 0.267. The van der Waals surface area contributed by atoms with Crippen LogP contribution >= 0.6 is 0 Å². The lowest BCUT2D eigenvalue weighted by atomic mass is 10.2. The highest BCUT2D eigenvalue weighted by Gasteiger charge is 2.10.